The summed E-state index contributed by atoms with van der Waals surface area (Å²) in [6.07, 6.45) is 5.28. The number of halogens is 1. The van der Waals surface area contributed by atoms with Gasteiger partial charge in [-0.25, -0.2) is 9.37 Å². The molecule has 9 nitrogen and oxygen atoms in total. The van der Waals surface area contributed by atoms with Gasteiger partial charge in [0.15, 0.2) is 0 Å². The van der Waals surface area contributed by atoms with Crippen LogP contribution < -0.4 is 10.6 Å². The highest BCUT2D eigenvalue weighted by Crippen LogP contribution is 2.21. The van der Waals surface area contributed by atoms with Crippen molar-refractivity contribution in [3.63, 3.8) is 0 Å². The molecule has 1 saturated heterocycles. The molecule has 1 aliphatic heterocycles. The SMILES string of the molecule is CN(Cc1ccn[nH]1)C1CCN(C(=O)c2ccc(Nc3nccc(Nc4ccc(F)cc4)n3)cc2)CC1. The van der Waals surface area contributed by atoms with E-state index in [0.29, 0.717) is 23.4 Å². The molecule has 0 radical (unpaired) electrons. The predicted molar refractivity (Wildman–Crippen MR) is 140 cm³/mol. The van der Waals surface area contributed by atoms with Crippen molar-refractivity contribution in [3.8, 4) is 0 Å². The summed E-state index contributed by atoms with van der Waals surface area (Å²) in [7, 11) is 2.12. The average Bonchev–Trinajstić information content (AvgIpc) is 3.43. The largest absolute Gasteiger partial charge is 0.340 e. The molecular formula is C27H29FN8O. The molecule has 2 aromatic heterocycles. The monoisotopic (exact) mass is 500 g/mol. The van der Waals surface area contributed by atoms with Gasteiger partial charge in [0.2, 0.25) is 5.95 Å². The number of aromatic nitrogens is 4. The van der Waals surface area contributed by atoms with E-state index in [9.17, 15) is 9.18 Å². The van der Waals surface area contributed by atoms with Crippen LogP contribution in [0.3, 0.4) is 0 Å². The number of amides is 1. The Morgan fingerprint density at radius 2 is 1.70 bits per heavy atom. The Balaban J connectivity index is 1.14. The van der Waals surface area contributed by atoms with Crippen molar-refractivity contribution >= 4 is 29.0 Å². The fourth-order valence-electron chi connectivity index (χ4n) is 4.46. The summed E-state index contributed by atoms with van der Waals surface area (Å²) in [4.78, 5) is 26.0. The quantitative estimate of drug-likeness (QED) is 0.326. The fraction of sp³-hybridized carbons (Fsp3) is 0.259. The van der Waals surface area contributed by atoms with E-state index >= 15 is 0 Å². The van der Waals surface area contributed by atoms with Gasteiger partial charge in [0, 0.05) is 60.7 Å². The van der Waals surface area contributed by atoms with Crippen LogP contribution in [0.5, 0.6) is 0 Å². The minimum Gasteiger partial charge on any atom is -0.340 e. The molecule has 37 heavy (non-hydrogen) atoms. The number of likely N-dealkylation sites (tertiary alicyclic amines) is 1. The molecule has 0 saturated carbocycles. The van der Waals surface area contributed by atoms with Crippen LogP contribution in [-0.2, 0) is 6.54 Å². The summed E-state index contributed by atoms with van der Waals surface area (Å²) in [5.41, 5.74) is 3.25. The Labute approximate surface area is 214 Å². The van der Waals surface area contributed by atoms with Gasteiger partial charge in [0.1, 0.15) is 11.6 Å². The molecule has 1 aliphatic rings. The minimum absolute atomic E-state index is 0.0444. The van der Waals surface area contributed by atoms with Crippen molar-refractivity contribution in [2.75, 3.05) is 30.8 Å². The third-order valence-corrected chi connectivity index (χ3v) is 6.51. The summed E-state index contributed by atoms with van der Waals surface area (Å²) in [6, 6.07) is 17.5. The molecule has 10 heteroatoms. The number of benzene rings is 2. The van der Waals surface area contributed by atoms with Crippen LogP contribution in [0.4, 0.5) is 27.5 Å². The molecule has 2 aromatic carbocycles. The molecule has 0 aliphatic carbocycles. The number of rotatable bonds is 8. The maximum Gasteiger partial charge on any atom is 0.253 e. The molecular weight excluding hydrogens is 471 g/mol. The third-order valence-electron chi connectivity index (χ3n) is 6.51. The van der Waals surface area contributed by atoms with Crippen molar-refractivity contribution in [1.29, 1.82) is 0 Å². The number of carbonyl (C=O) groups excluding carboxylic acids is 1. The first-order chi connectivity index (χ1) is 18.0. The van der Waals surface area contributed by atoms with Gasteiger partial charge in [-0.15, -0.1) is 0 Å². The highest BCUT2D eigenvalue weighted by atomic mass is 19.1. The number of nitrogens with one attached hydrogen (secondary N) is 3. The van der Waals surface area contributed by atoms with Crippen molar-refractivity contribution in [2.45, 2.75) is 25.4 Å². The molecule has 4 aromatic rings. The van der Waals surface area contributed by atoms with Crippen molar-refractivity contribution < 1.29 is 9.18 Å². The summed E-state index contributed by atoms with van der Waals surface area (Å²) in [5, 5.41) is 13.3. The number of hydrogen-bond acceptors (Lipinski definition) is 7. The highest BCUT2D eigenvalue weighted by Gasteiger charge is 2.26. The molecule has 3 N–H and O–H groups in total. The number of anilines is 4. The van der Waals surface area contributed by atoms with Gasteiger partial charge in [0.05, 0.1) is 0 Å². The zero-order chi connectivity index (χ0) is 25.6. The molecule has 5 rings (SSSR count). The Kier molecular flexibility index (Phi) is 7.36. The second kappa shape index (κ2) is 11.2. The lowest BCUT2D eigenvalue weighted by molar-refractivity contribution is 0.0638. The average molecular weight is 501 g/mol. The van der Waals surface area contributed by atoms with Crippen LogP contribution in [0.2, 0.25) is 0 Å². The lowest BCUT2D eigenvalue weighted by Crippen LogP contribution is -2.45. The number of piperidine rings is 1. The summed E-state index contributed by atoms with van der Waals surface area (Å²) in [5.74, 6) is 0.737. The van der Waals surface area contributed by atoms with Crippen molar-refractivity contribution in [3.05, 3.63) is 90.1 Å². The Hall–Kier alpha value is -4.31. The number of nitrogens with zero attached hydrogens (tertiary/aromatic N) is 5. The van der Waals surface area contributed by atoms with E-state index in [-0.39, 0.29) is 11.7 Å². The topological polar surface area (TPSA) is 102 Å². The first-order valence-electron chi connectivity index (χ1n) is 12.2. The second-order valence-corrected chi connectivity index (χ2v) is 9.12. The zero-order valence-corrected chi connectivity index (χ0v) is 20.6. The van der Waals surface area contributed by atoms with Crippen LogP contribution in [0, 0.1) is 5.82 Å². The van der Waals surface area contributed by atoms with Crippen molar-refractivity contribution in [1.82, 2.24) is 30.0 Å². The van der Waals surface area contributed by atoms with Crippen LogP contribution in [0.1, 0.15) is 28.9 Å². The molecule has 0 spiro atoms. The molecule has 1 amide bonds. The van der Waals surface area contributed by atoms with Gasteiger partial charge in [-0.1, -0.05) is 0 Å². The van der Waals surface area contributed by atoms with Gasteiger partial charge in [0.25, 0.3) is 5.91 Å². The van der Waals surface area contributed by atoms with Crippen LogP contribution >= 0.6 is 0 Å². The van der Waals surface area contributed by atoms with Gasteiger partial charge < -0.3 is 15.5 Å². The van der Waals surface area contributed by atoms with Gasteiger partial charge >= 0.3 is 0 Å². The Bertz CT molecular complexity index is 1300. The van der Waals surface area contributed by atoms with Gasteiger partial charge in [-0.3, -0.25) is 14.8 Å². The van der Waals surface area contributed by atoms with Crippen LogP contribution in [0.15, 0.2) is 73.1 Å². The molecule has 190 valence electrons. The molecule has 3 heterocycles. The molecule has 1 fully saturated rings. The van der Waals surface area contributed by atoms with E-state index in [1.807, 2.05) is 35.2 Å². The number of hydrogen-bond donors (Lipinski definition) is 3. The summed E-state index contributed by atoms with van der Waals surface area (Å²) < 4.78 is 13.1. The van der Waals surface area contributed by atoms with E-state index in [4.69, 9.17) is 0 Å². The first-order valence-corrected chi connectivity index (χ1v) is 12.2. The lowest BCUT2D eigenvalue weighted by Gasteiger charge is -2.36. The smallest absolute Gasteiger partial charge is 0.253 e. The standard InChI is InChI=1S/C27H29FN8O/c1-35(18-23-10-15-30-34-23)24-12-16-36(17-13-24)26(37)19-2-6-22(7-3-19)32-27-29-14-11-25(33-27)31-21-8-4-20(28)5-9-21/h2-11,14-15,24H,12-13,16-18H2,1H3,(H,30,34)(H2,29,31,32,33). The normalized spacial score (nSPS) is 14.1. The molecule has 0 unspecified atom stereocenters. The molecule has 0 atom stereocenters. The van der Waals surface area contributed by atoms with Crippen LogP contribution in [-0.4, -0.2) is 62.1 Å². The Morgan fingerprint density at radius 3 is 2.41 bits per heavy atom. The van der Waals surface area contributed by atoms with E-state index in [0.717, 1.165) is 49.5 Å². The predicted octanol–water partition coefficient (Wildman–Crippen LogP) is 4.56. The first kappa shape index (κ1) is 24.4. The number of carbonyl (C=O) groups is 1. The van der Waals surface area contributed by atoms with Gasteiger partial charge in [-0.2, -0.15) is 10.1 Å². The van der Waals surface area contributed by atoms with E-state index in [2.05, 4.69) is 42.7 Å². The van der Waals surface area contributed by atoms with Crippen LogP contribution in [0.25, 0.3) is 0 Å². The van der Waals surface area contributed by atoms with E-state index < -0.39 is 0 Å². The van der Waals surface area contributed by atoms with Gasteiger partial charge in [-0.05, 0) is 80.6 Å². The number of aromatic amines is 1. The number of H-pyrrole nitrogens is 1. The maximum atomic E-state index is 13.1. The van der Waals surface area contributed by atoms with Crippen molar-refractivity contribution in [2.24, 2.45) is 0 Å². The lowest BCUT2D eigenvalue weighted by atomic mass is 10.0. The second-order valence-electron chi connectivity index (χ2n) is 9.12. The van der Waals surface area contributed by atoms with E-state index in [1.54, 1.807) is 30.6 Å². The van der Waals surface area contributed by atoms with E-state index in [1.165, 1.54) is 12.1 Å². The fourth-order valence-corrected chi connectivity index (χ4v) is 4.46. The zero-order valence-electron chi connectivity index (χ0n) is 20.6. The maximum absolute atomic E-state index is 13.1. The summed E-state index contributed by atoms with van der Waals surface area (Å²) >= 11 is 0. The Morgan fingerprint density at radius 1 is 1.00 bits per heavy atom. The molecule has 0 bridgehead atoms. The minimum atomic E-state index is -0.295. The third kappa shape index (κ3) is 6.28. The summed E-state index contributed by atoms with van der Waals surface area (Å²) in [6.45, 7) is 2.29. The highest BCUT2D eigenvalue weighted by molar-refractivity contribution is 5.94.